The molecule has 2 aromatic carbocycles. The summed E-state index contributed by atoms with van der Waals surface area (Å²) in [6, 6.07) is 12.6. The molecule has 8 heteroatoms. The van der Waals surface area contributed by atoms with Crippen LogP contribution in [-0.4, -0.2) is 34.9 Å². The van der Waals surface area contributed by atoms with Crippen molar-refractivity contribution in [1.29, 1.82) is 0 Å². The van der Waals surface area contributed by atoms with Crippen molar-refractivity contribution in [3.8, 4) is 17.2 Å². The molecular weight excluding hydrogens is 378 g/mol. The Kier molecular flexibility index (Phi) is 6.10. The molecule has 3 aromatic rings. The quantitative estimate of drug-likeness (QED) is 0.637. The first-order chi connectivity index (χ1) is 13.5. The van der Waals surface area contributed by atoms with E-state index in [4.69, 9.17) is 9.15 Å². The van der Waals surface area contributed by atoms with Crippen LogP contribution in [0.4, 0.5) is 0 Å². The number of para-hydroxylation sites is 1. The zero-order chi connectivity index (χ0) is 20.1. The second-order valence-corrected chi connectivity index (χ2v) is 7.04. The number of aromatic nitrogens is 2. The molecule has 0 radical (unpaired) electrons. The Hall–Kier alpha value is -3.13. The number of hydrogen-bond donors (Lipinski definition) is 1. The van der Waals surface area contributed by atoms with Crippen molar-refractivity contribution in [2.75, 3.05) is 12.9 Å². The fraction of sp³-hybridized carbons (Fsp3) is 0.200. The zero-order valence-electron chi connectivity index (χ0n) is 15.7. The maximum atomic E-state index is 12.2. The van der Waals surface area contributed by atoms with Gasteiger partial charge in [0.05, 0.1) is 18.4 Å². The minimum atomic E-state index is -0.524. The lowest BCUT2D eigenvalue weighted by atomic mass is 10.1. The molecule has 0 spiro atoms. The standard InChI is InChI=1S/C20H19N3O4S/c1-12-8-13(2)10-14(9-12)19-22-23-20(27-19)28-11-17(24)21-18(25)15-6-4-5-7-16(15)26-3/h4-10H,11H2,1-3H3,(H,21,24,25). The lowest BCUT2D eigenvalue weighted by molar-refractivity contribution is -0.117. The van der Waals surface area contributed by atoms with Crippen LogP contribution in [0.3, 0.4) is 0 Å². The number of hydrogen-bond acceptors (Lipinski definition) is 7. The van der Waals surface area contributed by atoms with Crippen molar-refractivity contribution in [3.63, 3.8) is 0 Å². The Bertz CT molecular complexity index is 996. The van der Waals surface area contributed by atoms with Crippen LogP contribution in [0.2, 0.25) is 0 Å². The summed E-state index contributed by atoms with van der Waals surface area (Å²) in [5.41, 5.74) is 3.30. The number of ether oxygens (including phenoxy) is 1. The minimum absolute atomic E-state index is 0.0324. The van der Waals surface area contributed by atoms with Gasteiger partial charge in [-0.1, -0.05) is 41.1 Å². The molecular formula is C20H19N3O4S. The van der Waals surface area contributed by atoms with Crippen molar-refractivity contribution in [3.05, 3.63) is 59.2 Å². The van der Waals surface area contributed by atoms with E-state index in [0.29, 0.717) is 17.2 Å². The molecule has 0 unspecified atom stereocenters. The summed E-state index contributed by atoms with van der Waals surface area (Å²) >= 11 is 1.06. The molecule has 0 aliphatic heterocycles. The Morgan fingerprint density at radius 2 is 1.82 bits per heavy atom. The molecule has 0 atom stereocenters. The highest BCUT2D eigenvalue weighted by atomic mass is 32.2. The molecule has 0 bridgehead atoms. The van der Waals surface area contributed by atoms with Gasteiger partial charge in [-0.25, -0.2) is 0 Å². The van der Waals surface area contributed by atoms with Crippen molar-refractivity contribution in [2.24, 2.45) is 0 Å². The fourth-order valence-corrected chi connectivity index (χ4v) is 3.24. The summed E-state index contributed by atoms with van der Waals surface area (Å²) in [5, 5.41) is 10.6. The normalized spacial score (nSPS) is 10.5. The van der Waals surface area contributed by atoms with Gasteiger partial charge in [-0.3, -0.25) is 14.9 Å². The maximum Gasteiger partial charge on any atom is 0.277 e. The van der Waals surface area contributed by atoms with Crippen LogP contribution in [0, 0.1) is 13.8 Å². The topological polar surface area (TPSA) is 94.3 Å². The van der Waals surface area contributed by atoms with Crippen LogP contribution in [-0.2, 0) is 4.79 Å². The second-order valence-electron chi connectivity index (χ2n) is 6.12. The van der Waals surface area contributed by atoms with Gasteiger partial charge in [0, 0.05) is 5.56 Å². The van der Waals surface area contributed by atoms with E-state index in [2.05, 4.69) is 21.6 Å². The van der Waals surface area contributed by atoms with E-state index in [1.54, 1.807) is 24.3 Å². The molecule has 0 saturated carbocycles. The first kappa shape index (κ1) is 19.6. The van der Waals surface area contributed by atoms with Crippen LogP contribution in [0.25, 0.3) is 11.5 Å². The van der Waals surface area contributed by atoms with Crippen LogP contribution >= 0.6 is 11.8 Å². The Labute approximate surface area is 166 Å². The summed E-state index contributed by atoms with van der Waals surface area (Å²) in [4.78, 5) is 24.3. The molecule has 0 aliphatic carbocycles. The highest BCUT2D eigenvalue weighted by Crippen LogP contribution is 2.25. The van der Waals surface area contributed by atoms with Crippen molar-refractivity contribution < 1.29 is 18.7 Å². The molecule has 0 aliphatic rings. The Balaban J connectivity index is 1.59. The van der Waals surface area contributed by atoms with Crippen LogP contribution < -0.4 is 10.1 Å². The van der Waals surface area contributed by atoms with Gasteiger partial charge in [-0.05, 0) is 38.1 Å². The first-order valence-electron chi connectivity index (χ1n) is 8.48. The Morgan fingerprint density at radius 1 is 1.11 bits per heavy atom. The highest BCUT2D eigenvalue weighted by Gasteiger charge is 2.16. The number of rotatable bonds is 6. The second kappa shape index (κ2) is 8.71. The number of carbonyl (C=O) groups excluding carboxylic acids is 2. The Morgan fingerprint density at radius 3 is 2.54 bits per heavy atom. The highest BCUT2D eigenvalue weighted by molar-refractivity contribution is 7.99. The number of nitrogens with zero attached hydrogens (tertiary/aromatic N) is 2. The number of methoxy groups -OCH3 is 1. The third-order valence-corrected chi connectivity index (χ3v) is 4.62. The lowest BCUT2D eigenvalue weighted by Gasteiger charge is -2.07. The van der Waals surface area contributed by atoms with Gasteiger partial charge in [0.1, 0.15) is 5.75 Å². The minimum Gasteiger partial charge on any atom is -0.496 e. The smallest absolute Gasteiger partial charge is 0.277 e. The summed E-state index contributed by atoms with van der Waals surface area (Å²) in [5.74, 6) is -0.234. The monoisotopic (exact) mass is 397 g/mol. The molecule has 2 amide bonds. The molecule has 0 fully saturated rings. The van der Waals surface area contributed by atoms with Crippen molar-refractivity contribution >= 4 is 23.6 Å². The van der Waals surface area contributed by atoms with E-state index < -0.39 is 11.8 Å². The lowest BCUT2D eigenvalue weighted by Crippen LogP contribution is -2.32. The van der Waals surface area contributed by atoms with Gasteiger partial charge in [-0.2, -0.15) is 0 Å². The predicted octanol–water partition coefficient (Wildman–Crippen LogP) is 3.41. The SMILES string of the molecule is COc1ccccc1C(=O)NC(=O)CSc1nnc(-c2cc(C)cc(C)c2)o1. The van der Waals surface area contributed by atoms with E-state index in [9.17, 15) is 9.59 Å². The zero-order valence-corrected chi connectivity index (χ0v) is 16.5. The van der Waals surface area contributed by atoms with E-state index in [1.807, 2.05) is 26.0 Å². The van der Waals surface area contributed by atoms with Gasteiger partial charge in [0.2, 0.25) is 11.8 Å². The number of benzene rings is 2. The molecule has 0 saturated heterocycles. The van der Waals surface area contributed by atoms with Gasteiger partial charge in [-0.15, -0.1) is 10.2 Å². The van der Waals surface area contributed by atoms with Crippen molar-refractivity contribution in [1.82, 2.24) is 15.5 Å². The number of aryl methyl sites for hydroxylation is 2. The number of carbonyl (C=O) groups is 2. The molecule has 3 rings (SSSR count). The summed E-state index contributed by atoms with van der Waals surface area (Å²) in [6.07, 6.45) is 0. The third kappa shape index (κ3) is 4.77. The number of thioether (sulfide) groups is 1. The van der Waals surface area contributed by atoms with E-state index in [0.717, 1.165) is 28.5 Å². The predicted molar refractivity (Wildman–Crippen MR) is 105 cm³/mol. The summed E-state index contributed by atoms with van der Waals surface area (Å²) in [7, 11) is 1.46. The summed E-state index contributed by atoms with van der Waals surface area (Å²) < 4.78 is 10.7. The van der Waals surface area contributed by atoms with Gasteiger partial charge in [0.15, 0.2) is 0 Å². The van der Waals surface area contributed by atoms with Gasteiger partial charge >= 0.3 is 0 Å². The van der Waals surface area contributed by atoms with Crippen molar-refractivity contribution in [2.45, 2.75) is 19.1 Å². The summed E-state index contributed by atoms with van der Waals surface area (Å²) in [6.45, 7) is 3.98. The van der Waals surface area contributed by atoms with Crippen LogP contribution in [0.1, 0.15) is 21.5 Å². The molecule has 144 valence electrons. The number of amides is 2. The molecule has 28 heavy (non-hydrogen) atoms. The maximum absolute atomic E-state index is 12.2. The molecule has 1 N–H and O–H groups in total. The average Bonchev–Trinajstić information content (AvgIpc) is 3.14. The van der Waals surface area contributed by atoms with Crippen LogP contribution in [0.5, 0.6) is 5.75 Å². The van der Waals surface area contributed by atoms with E-state index in [-0.39, 0.29) is 11.0 Å². The van der Waals surface area contributed by atoms with Crippen LogP contribution in [0.15, 0.2) is 52.1 Å². The van der Waals surface area contributed by atoms with E-state index in [1.165, 1.54) is 7.11 Å². The molecule has 7 nitrogen and oxygen atoms in total. The number of nitrogens with one attached hydrogen (secondary N) is 1. The van der Waals surface area contributed by atoms with Gasteiger partial charge < -0.3 is 9.15 Å². The van der Waals surface area contributed by atoms with Gasteiger partial charge in [0.25, 0.3) is 11.1 Å². The molecule has 1 heterocycles. The third-order valence-electron chi connectivity index (χ3n) is 3.81. The largest absolute Gasteiger partial charge is 0.496 e. The van der Waals surface area contributed by atoms with E-state index >= 15 is 0 Å². The number of imide groups is 1. The fourth-order valence-electron chi connectivity index (χ4n) is 2.67. The molecule has 1 aromatic heterocycles. The first-order valence-corrected chi connectivity index (χ1v) is 9.47. The average molecular weight is 397 g/mol.